The largest absolute Gasteiger partial charge is 0.343 e. The summed E-state index contributed by atoms with van der Waals surface area (Å²) in [4.78, 5) is 30.2. The van der Waals surface area contributed by atoms with E-state index in [4.69, 9.17) is 0 Å². The van der Waals surface area contributed by atoms with Crippen molar-refractivity contribution in [3.8, 4) is 0 Å². The van der Waals surface area contributed by atoms with Gasteiger partial charge in [-0.15, -0.1) is 0 Å². The van der Waals surface area contributed by atoms with Crippen LogP contribution in [0.1, 0.15) is 39.4 Å². The first kappa shape index (κ1) is 14.5. The molecule has 1 aromatic heterocycles. The van der Waals surface area contributed by atoms with E-state index in [1.165, 1.54) is 6.33 Å². The number of nitrogens with one attached hydrogen (secondary N) is 1. The zero-order valence-corrected chi connectivity index (χ0v) is 12.2. The molecular formula is C13H21N5O2. The van der Waals surface area contributed by atoms with Gasteiger partial charge in [0, 0.05) is 6.54 Å². The molecule has 2 amide bonds. The van der Waals surface area contributed by atoms with E-state index in [-0.39, 0.29) is 11.8 Å². The molecule has 2 atom stereocenters. The summed E-state index contributed by atoms with van der Waals surface area (Å²) < 4.78 is 1.74. The Labute approximate surface area is 118 Å². The molecule has 1 aliphatic heterocycles. The van der Waals surface area contributed by atoms with Crippen LogP contribution in [-0.2, 0) is 22.7 Å². The maximum absolute atomic E-state index is 12.3. The Hall–Kier alpha value is -1.92. The summed E-state index contributed by atoms with van der Waals surface area (Å²) in [5, 5.41) is 6.83. The van der Waals surface area contributed by atoms with Crippen LogP contribution in [0, 0.1) is 0 Å². The molecule has 110 valence electrons. The second kappa shape index (κ2) is 6.02. The van der Waals surface area contributed by atoms with E-state index in [0.717, 1.165) is 6.42 Å². The number of hydrogen-bond donors (Lipinski definition) is 1. The standard InChI is InChI=1S/C13H21N5O2/c1-4-6-10-12(19)16-9(3)13(20)17(10)7-11-14-8-15-18(11)5-2/h8-10H,4-7H2,1-3H3,(H,16,19). The summed E-state index contributed by atoms with van der Waals surface area (Å²) in [6.45, 7) is 6.70. The molecule has 0 radical (unpaired) electrons. The number of carbonyl (C=O) groups excluding carboxylic acids is 2. The lowest BCUT2D eigenvalue weighted by atomic mass is 10.0. The van der Waals surface area contributed by atoms with Crippen molar-refractivity contribution in [3.63, 3.8) is 0 Å². The fourth-order valence-electron chi connectivity index (χ4n) is 2.49. The minimum atomic E-state index is -0.478. The van der Waals surface area contributed by atoms with E-state index in [1.54, 1.807) is 16.5 Å². The molecule has 20 heavy (non-hydrogen) atoms. The summed E-state index contributed by atoms with van der Waals surface area (Å²) in [6, 6.07) is -0.890. The highest BCUT2D eigenvalue weighted by Gasteiger charge is 2.38. The van der Waals surface area contributed by atoms with Crippen molar-refractivity contribution in [1.82, 2.24) is 25.0 Å². The number of piperazine rings is 1. The minimum absolute atomic E-state index is 0.0614. The number of carbonyl (C=O) groups is 2. The Bertz CT molecular complexity index is 499. The van der Waals surface area contributed by atoms with Crippen molar-refractivity contribution < 1.29 is 9.59 Å². The van der Waals surface area contributed by atoms with Gasteiger partial charge in [0.1, 0.15) is 24.2 Å². The maximum atomic E-state index is 12.3. The van der Waals surface area contributed by atoms with Gasteiger partial charge in [0.25, 0.3) is 0 Å². The van der Waals surface area contributed by atoms with Crippen LogP contribution in [0.5, 0.6) is 0 Å². The van der Waals surface area contributed by atoms with Crippen LogP contribution in [0.3, 0.4) is 0 Å². The molecule has 1 aromatic rings. The van der Waals surface area contributed by atoms with Gasteiger partial charge in [-0.2, -0.15) is 5.10 Å². The van der Waals surface area contributed by atoms with Crippen molar-refractivity contribution >= 4 is 11.8 Å². The van der Waals surface area contributed by atoms with Crippen molar-refractivity contribution in [2.24, 2.45) is 0 Å². The zero-order valence-electron chi connectivity index (χ0n) is 12.2. The number of aryl methyl sites for hydroxylation is 1. The van der Waals surface area contributed by atoms with Gasteiger partial charge in [-0.25, -0.2) is 9.67 Å². The van der Waals surface area contributed by atoms with Gasteiger partial charge >= 0.3 is 0 Å². The van der Waals surface area contributed by atoms with Gasteiger partial charge in [-0.05, 0) is 20.3 Å². The molecule has 2 rings (SSSR count). The predicted octanol–water partition coefficient (Wildman–Crippen LogP) is 0.314. The van der Waals surface area contributed by atoms with E-state index in [2.05, 4.69) is 15.4 Å². The molecule has 0 bridgehead atoms. The first-order valence-corrected chi connectivity index (χ1v) is 7.06. The van der Waals surface area contributed by atoms with Gasteiger partial charge in [-0.1, -0.05) is 13.3 Å². The van der Waals surface area contributed by atoms with Crippen molar-refractivity contribution in [1.29, 1.82) is 0 Å². The fourth-order valence-corrected chi connectivity index (χ4v) is 2.49. The van der Waals surface area contributed by atoms with Crippen molar-refractivity contribution in [3.05, 3.63) is 12.2 Å². The molecule has 0 spiro atoms. The number of aromatic nitrogens is 3. The summed E-state index contributed by atoms with van der Waals surface area (Å²) in [5.74, 6) is 0.569. The Morgan fingerprint density at radius 1 is 1.35 bits per heavy atom. The SMILES string of the molecule is CCCC1C(=O)NC(C)C(=O)N1Cc1ncnn1CC. The molecule has 2 heterocycles. The molecule has 0 aromatic carbocycles. The third-order valence-electron chi connectivity index (χ3n) is 3.56. The van der Waals surface area contributed by atoms with E-state index < -0.39 is 12.1 Å². The number of rotatable bonds is 5. The first-order valence-electron chi connectivity index (χ1n) is 7.06. The highest BCUT2D eigenvalue weighted by atomic mass is 16.2. The highest BCUT2D eigenvalue weighted by Crippen LogP contribution is 2.17. The lowest BCUT2D eigenvalue weighted by Crippen LogP contribution is -2.62. The van der Waals surface area contributed by atoms with Gasteiger partial charge in [0.2, 0.25) is 11.8 Å². The van der Waals surface area contributed by atoms with Crippen LogP contribution in [-0.4, -0.2) is 43.6 Å². The Balaban J connectivity index is 2.23. The quantitative estimate of drug-likeness (QED) is 0.841. The summed E-state index contributed by atoms with van der Waals surface area (Å²) in [5.41, 5.74) is 0. The molecule has 1 saturated heterocycles. The van der Waals surface area contributed by atoms with Crippen LogP contribution in [0.15, 0.2) is 6.33 Å². The third kappa shape index (κ3) is 2.66. The minimum Gasteiger partial charge on any atom is -0.343 e. The molecule has 2 unspecified atom stereocenters. The highest BCUT2D eigenvalue weighted by molar-refractivity contribution is 5.96. The number of nitrogens with zero attached hydrogens (tertiary/aromatic N) is 4. The summed E-state index contributed by atoms with van der Waals surface area (Å²) in [6.07, 6.45) is 2.98. The van der Waals surface area contributed by atoms with Crippen LogP contribution in [0.25, 0.3) is 0 Å². The number of amides is 2. The van der Waals surface area contributed by atoms with E-state index in [9.17, 15) is 9.59 Å². The molecule has 1 aliphatic rings. The topological polar surface area (TPSA) is 80.1 Å². The normalized spacial score (nSPS) is 23.1. The zero-order chi connectivity index (χ0) is 14.7. The van der Waals surface area contributed by atoms with Gasteiger partial charge < -0.3 is 10.2 Å². The fraction of sp³-hybridized carbons (Fsp3) is 0.692. The van der Waals surface area contributed by atoms with Gasteiger partial charge in [-0.3, -0.25) is 9.59 Å². The average Bonchev–Trinajstić information content (AvgIpc) is 2.87. The Morgan fingerprint density at radius 3 is 2.75 bits per heavy atom. The van der Waals surface area contributed by atoms with E-state index in [1.807, 2.05) is 13.8 Å². The first-order chi connectivity index (χ1) is 9.58. The maximum Gasteiger partial charge on any atom is 0.245 e. The van der Waals surface area contributed by atoms with E-state index in [0.29, 0.717) is 25.3 Å². The monoisotopic (exact) mass is 279 g/mol. The Kier molecular flexibility index (Phi) is 4.36. The molecule has 7 heteroatoms. The second-order valence-electron chi connectivity index (χ2n) is 4.99. The molecule has 7 nitrogen and oxygen atoms in total. The van der Waals surface area contributed by atoms with Gasteiger partial charge in [0.05, 0.1) is 6.54 Å². The molecule has 1 fully saturated rings. The van der Waals surface area contributed by atoms with Gasteiger partial charge in [0.15, 0.2) is 0 Å². The smallest absolute Gasteiger partial charge is 0.245 e. The van der Waals surface area contributed by atoms with Crippen molar-refractivity contribution in [2.75, 3.05) is 0 Å². The van der Waals surface area contributed by atoms with Crippen LogP contribution >= 0.6 is 0 Å². The van der Waals surface area contributed by atoms with Crippen molar-refractivity contribution in [2.45, 2.75) is 58.8 Å². The average molecular weight is 279 g/mol. The molecule has 0 saturated carbocycles. The third-order valence-corrected chi connectivity index (χ3v) is 3.56. The lowest BCUT2D eigenvalue weighted by molar-refractivity contribution is -0.150. The molecular weight excluding hydrogens is 258 g/mol. The molecule has 1 N–H and O–H groups in total. The number of hydrogen-bond acceptors (Lipinski definition) is 4. The molecule has 0 aliphatic carbocycles. The van der Waals surface area contributed by atoms with Crippen LogP contribution in [0.2, 0.25) is 0 Å². The second-order valence-corrected chi connectivity index (χ2v) is 4.99. The lowest BCUT2D eigenvalue weighted by Gasteiger charge is -2.37. The Morgan fingerprint density at radius 2 is 2.10 bits per heavy atom. The van der Waals surface area contributed by atoms with Crippen LogP contribution < -0.4 is 5.32 Å². The predicted molar refractivity (Wildman–Crippen MR) is 72.5 cm³/mol. The van der Waals surface area contributed by atoms with Crippen LogP contribution in [0.4, 0.5) is 0 Å². The summed E-state index contributed by atoms with van der Waals surface area (Å²) >= 11 is 0. The van der Waals surface area contributed by atoms with E-state index >= 15 is 0 Å². The summed E-state index contributed by atoms with van der Waals surface area (Å²) in [7, 11) is 0.